The highest BCUT2D eigenvalue weighted by Gasteiger charge is 2.40. The molecule has 4 rings (SSSR count). The first-order chi connectivity index (χ1) is 18.1. The van der Waals surface area contributed by atoms with Crippen molar-refractivity contribution in [2.24, 2.45) is 5.92 Å². The van der Waals surface area contributed by atoms with Gasteiger partial charge in [-0.25, -0.2) is 0 Å². The smallest absolute Gasteiger partial charge is 0.164 e. The largest absolute Gasteiger partial charge is 0.507 e. The molecule has 0 aromatic heterocycles. The third kappa shape index (κ3) is 6.61. The van der Waals surface area contributed by atoms with Crippen LogP contribution in [0.25, 0.3) is 12.2 Å². The van der Waals surface area contributed by atoms with Gasteiger partial charge in [0.25, 0.3) is 0 Å². The number of hydrogen-bond acceptors (Lipinski definition) is 6. The first-order valence-corrected chi connectivity index (χ1v) is 13.4. The fraction of sp³-hybridized carbons (Fsp3) is 0.438. The van der Waals surface area contributed by atoms with Crippen LogP contribution in [0.5, 0.6) is 23.0 Å². The highest BCUT2D eigenvalue weighted by Crippen LogP contribution is 2.44. The predicted molar refractivity (Wildman–Crippen MR) is 151 cm³/mol. The lowest BCUT2D eigenvalue weighted by molar-refractivity contribution is -0.0746. The minimum atomic E-state index is -0.766. The molecule has 2 aromatic rings. The van der Waals surface area contributed by atoms with Gasteiger partial charge in [0.15, 0.2) is 11.5 Å². The van der Waals surface area contributed by atoms with Crippen molar-refractivity contribution >= 4 is 12.2 Å². The average molecular weight is 521 g/mol. The van der Waals surface area contributed by atoms with Gasteiger partial charge in [-0.05, 0) is 93.8 Å². The molecule has 3 unspecified atom stereocenters. The van der Waals surface area contributed by atoms with E-state index in [2.05, 4.69) is 32.9 Å². The lowest BCUT2D eigenvalue weighted by atomic mass is 9.77. The Morgan fingerprint density at radius 2 is 1.61 bits per heavy atom. The van der Waals surface area contributed by atoms with Crippen molar-refractivity contribution in [2.45, 2.75) is 77.6 Å². The lowest BCUT2D eigenvalue weighted by Crippen LogP contribution is -2.46. The number of hydrogen-bond donors (Lipinski definition) is 4. The quantitative estimate of drug-likeness (QED) is 0.254. The number of fused-ring (bicyclic) bond motifs is 2. The summed E-state index contributed by atoms with van der Waals surface area (Å²) in [5.74, 6) is 1.58. The molecule has 2 aromatic carbocycles. The van der Waals surface area contributed by atoms with Crippen LogP contribution in [0, 0.1) is 5.92 Å². The second kappa shape index (κ2) is 12.1. The van der Waals surface area contributed by atoms with Crippen LogP contribution in [-0.4, -0.2) is 45.8 Å². The Bertz CT molecular complexity index is 1210. The summed E-state index contributed by atoms with van der Waals surface area (Å²) in [5.41, 5.74) is 5.63. The van der Waals surface area contributed by atoms with Crippen molar-refractivity contribution in [1.82, 2.24) is 0 Å². The van der Waals surface area contributed by atoms with Crippen LogP contribution >= 0.6 is 0 Å². The van der Waals surface area contributed by atoms with Crippen molar-refractivity contribution in [1.29, 1.82) is 0 Å². The molecular weight excluding hydrogens is 480 g/mol. The van der Waals surface area contributed by atoms with Gasteiger partial charge in [-0.1, -0.05) is 35.5 Å². The summed E-state index contributed by atoms with van der Waals surface area (Å²) in [6.07, 6.45) is 10.4. The zero-order chi connectivity index (χ0) is 27.4. The van der Waals surface area contributed by atoms with Gasteiger partial charge in [-0.2, -0.15) is 0 Å². The van der Waals surface area contributed by atoms with Crippen molar-refractivity contribution in [3.63, 3.8) is 0 Å². The first-order valence-electron chi connectivity index (χ1n) is 13.4. The maximum absolute atomic E-state index is 10.6. The number of aliphatic hydroxyl groups excluding tert-OH is 2. The molecule has 6 nitrogen and oxygen atoms in total. The van der Waals surface area contributed by atoms with E-state index in [1.54, 1.807) is 19.2 Å². The van der Waals surface area contributed by atoms with Crippen molar-refractivity contribution in [3.8, 4) is 23.0 Å². The van der Waals surface area contributed by atoms with Gasteiger partial charge in [0.05, 0.1) is 19.3 Å². The number of phenolic OH excluding ortho intramolecular Hbond substituents is 2. The minimum absolute atomic E-state index is 0.0681. The van der Waals surface area contributed by atoms with E-state index in [1.807, 2.05) is 24.3 Å². The summed E-state index contributed by atoms with van der Waals surface area (Å²) in [4.78, 5) is 0. The van der Waals surface area contributed by atoms with Crippen LogP contribution in [-0.2, 0) is 12.8 Å². The van der Waals surface area contributed by atoms with E-state index in [-0.39, 0.29) is 23.5 Å². The molecule has 1 aliphatic carbocycles. The Morgan fingerprint density at radius 1 is 0.947 bits per heavy atom. The highest BCUT2D eigenvalue weighted by atomic mass is 16.5. The summed E-state index contributed by atoms with van der Waals surface area (Å²) in [6, 6.07) is 7.26. The number of benzene rings is 2. The molecule has 4 N–H and O–H groups in total. The van der Waals surface area contributed by atoms with Crippen molar-refractivity contribution < 1.29 is 29.9 Å². The molecule has 1 aliphatic heterocycles. The Hall–Kier alpha value is -3.22. The summed E-state index contributed by atoms with van der Waals surface area (Å²) in [7, 11) is 1.60. The van der Waals surface area contributed by atoms with E-state index in [0.29, 0.717) is 41.9 Å². The van der Waals surface area contributed by atoms with E-state index < -0.39 is 12.2 Å². The Balaban J connectivity index is 1.49. The van der Waals surface area contributed by atoms with Crippen molar-refractivity contribution in [2.75, 3.05) is 7.11 Å². The van der Waals surface area contributed by atoms with E-state index >= 15 is 0 Å². The normalized spacial score (nSPS) is 22.9. The third-order valence-corrected chi connectivity index (χ3v) is 7.55. The summed E-state index contributed by atoms with van der Waals surface area (Å²) >= 11 is 0. The van der Waals surface area contributed by atoms with Crippen LogP contribution < -0.4 is 9.47 Å². The molecule has 2 aliphatic rings. The number of allylic oxidation sites excluding steroid dienone is 4. The number of methoxy groups -OCH3 is 1. The number of rotatable bonds is 8. The second-order valence-corrected chi connectivity index (χ2v) is 10.9. The van der Waals surface area contributed by atoms with Crippen LogP contribution in [0.1, 0.15) is 68.7 Å². The monoisotopic (exact) mass is 520 g/mol. The number of aromatic hydroxyl groups is 2. The van der Waals surface area contributed by atoms with Gasteiger partial charge in [0.1, 0.15) is 17.6 Å². The molecule has 204 valence electrons. The molecule has 6 heteroatoms. The minimum Gasteiger partial charge on any atom is -0.507 e. The molecular formula is C32H40O6. The molecule has 38 heavy (non-hydrogen) atoms. The van der Waals surface area contributed by atoms with E-state index in [1.165, 1.54) is 11.1 Å². The fourth-order valence-electron chi connectivity index (χ4n) is 5.34. The molecule has 0 radical (unpaired) electrons. The molecule has 4 atom stereocenters. The van der Waals surface area contributed by atoms with E-state index in [9.17, 15) is 20.4 Å². The van der Waals surface area contributed by atoms with Gasteiger partial charge in [0, 0.05) is 17.9 Å². The van der Waals surface area contributed by atoms with Crippen LogP contribution in [0.15, 0.2) is 47.6 Å². The second-order valence-electron chi connectivity index (χ2n) is 10.9. The summed E-state index contributed by atoms with van der Waals surface area (Å²) in [6.45, 7) is 6.25. The van der Waals surface area contributed by atoms with Crippen LogP contribution in [0.4, 0.5) is 0 Å². The topological polar surface area (TPSA) is 99.4 Å². The summed E-state index contributed by atoms with van der Waals surface area (Å²) in [5, 5.41) is 41.4. The standard InChI is InChI=1S/C32H40O6/c1-19(2)6-5-7-20(3)8-11-25-26(33)13-22(14-27(25)34)10-9-21-12-24-16-23-17-28(35)29(36)18-30(23)38-32(24)31(15-21)37-4/h6,8-10,12-15,23,28-30,33-36H,5,7,11,16-18H2,1-4H3/b10-9+,20-8+/t23-,28?,29?,30?/m1/s1. The molecule has 0 amide bonds. The van der Waals surface area contributed by atoms with Crippen LogP contribution in [0.2, 0.25) is 0 Å². The van der Waals surface area contributed by atoms with Gasteiger partial charge in [-0.15, -0.1) is 0 Å². The molecule has 1 saturated carbocycles. The van der Waals surface area contributed by atoms with Gasteiger partial charge in [0.2, 0.25) is 0 Å². The van der Waals surface area contributed by atoms with E-state index in [0.717, 1.165) is 30.4 Å². The van der Waals surface area contributed by atoms with Gasteiger partial charge >= 0.3 is 0 Å². The Kier molecular flexibility index (Phi) is 8.85. The number of phenols is 2. The number of aliphatic hydroxyl groups is 2. The van der Waals surface area contributed by atoms with E-state index in [4.69, 9.17) is 9.47 Å². The highest BCUT2D eigenvalue weighted by molar-refractivity contribution is 5.73. The molecule has 0 bridgehead atoms. The van der Waals surface area contributed by atoms with Gasteiger partial charge < -0.3 is 29.9 Å². The van der Waals surface area contributed by atoms with Crippen molar-refractivity contribution in [3.05, 3.63) is 69.8 Å². The van der Waals surface area contributed by atoms with Gasteiger partial charge in [-0.3, -0.25) is 0 Å². The predicted octanol–water partition coefficient (Wildman–Crippen LogP) is 5.95. The number of ether oxygens (including phenoxy) is 2. The maximum Gasteiger partial charge on any atom is 0.164 e. The summed E-state index contributed by atoms with van der Waals surface area (Å²) < 4.78 is 11.8. The Labute approximate surface area is 225 Å². The fourth-order valence-corrected chi connectivity index (χ4v) is 5.34. The third-order valence-electron chi connectivity index (χ3n) is 7.55. The Morgan fingerprint density at radius 3 is 2.26 bits per heavy atom. The zero-order valence-electron chi connectivity index (χ0n) is 22.8. The zero-order valence-corrected chi connectivity index (χ0v) is 22.8. The molecule has 1 fully saturated rings. The first kappa shape index (κ1) is 27.8. The van der Waals surface area contributed by atoms with Crippen LogP contribution in [0.3, 0.4) is 0 Å². The molecule has 0 saturated heterocycles. The average Bonchev–Trinajstić information content (AvgIpc) is 2.86. The SMILES string of the molecule is COc1cc(/C=C/c2cc(O)c(C/C=C(\C)CCC=C(C)C)c(O)c2)cc2c1OC1CC(O)C(O)C[C@H]1C2. The molecule has 0 spiro atoms. The maximum atomic E-state index is 10.6. The lowest BCUT2D eigenvalue weighted by Gasteiger charge is -2.41. The molecule has 1 heterocycles.